The Bertz CT molecular complexity index is 1550. The molecule has 2 heterocycles. The van der Waals surface area contributed by atoms with Crippen molar-refractivity contribution in [3.05, 3.63) is 95.7 Å². The van der Waals surface area contributed by atoms with Gasteiger partial charge in [-0.15, -0.1) is 0 Å². The fraction of sp³-hybridized carbons (Fsp3) is 0.233. The zero-order chi connectivity index (χ0) is 27.1. The van der Waals surface area contributed by atoms with E-state index in [4.69, 9.17) is 4.99 Å². The predicted octanol–water partition coefficient (Wildman–Crippen LogP) is 6.40. The van der Waals surface area contributed by atoms with E-state index < -0.39 is 29.6 Å². The highest BCUT2D eigenvalue weighted by Gasteiger charge is 2.42. The summed E-state index contributed by atoms with van der Waals surface area (Å²) in [5.41, 5.74) is 1.69. The lowest BCUT2D eigenvalue weighted by atomic mass is 9.95. The molecule has 198 valence electrons. The molecule has 1 aliphatic carbocycles. The van der Waals surface area contributed by atoms with E-state index in [1.54, 1.807) is 30.3 Å². The van der Waals surface area contributed by atoms with Gasteiger partial charge >= 0.3 is 6.18 Å². The molecule has 1 fully saturated rings. The summed E-state index contributed by atoms with van der Waals surface area (Å²) < 4.78 is 39.9. The third-order valence-corrected chi connectivity index (χ3v) is 7.34. The Hall–Kier alpha value is -4.40. The smallest absolute Gasteiger partial charge is 0.351 e. The molecule has 0 saturated heterocycles. The van der Waals surface area contributed by atoms with Crippen molar-refractivity contribution >= 4 is 39.8 Å². The van der Waals surface area contributed by atoms with Crippen molar-refractivity contribution in [3.8, 4) is 0 Å². The molecule has 1 saturated carbocycles. The van der Waals surface area contributed by atoms with Crippen molar-refractivity contribution < 1.29 is 22.8 Å². The van der Waals surface area contributed by atoms with E-state index in [1.165, 1.54) is 17.0 Å². The summed E-state index contributed by atoms with van der Waals surface area (Å²) in [6.07, 6.45) is -0.849. The number of nitrogens with one attached hydrogen (secondary N) is 2. The zero-order valence-electron chi connectivity index (χ0n) is 20.8. The number of fused-ring (bicyclic) bond motifs is 2. The quantitative estimate of drug-likeness (QED) is 0.321. The normalized spacial score (nSPS) is 17.7. The van der Waals surface area contributed by atoms with Crippen LogP contribution < -0.4 is 10.2 Å². The van der Waals surface area contributed by atoms with E-state index in [0.717, 1.165) is 48.7 Å². The number of para-hydroxylation sites is 3. The van der Waals surface area contributed by atoms with Crippen molar-refractivity contribution in [2.24, 2.45) is 4.99 Å². The molecule has 2 N–H and O–H groups in total. The third-order valence-electron chi connectivity index (χ3n) is 7.34. The van der Waals surface area contributed by atoms with Gasteiger partial charge in [-0.05, 0) is 54.8 Å². The standard InChI is InChI=1S/C30H25F3N4O2/c31-30(32,33)20-15-13-18(14-16-20)26-27(28(38)34-21-8-2-3-9-21)37(25-12-6-5-11-23(25)36-26)29(39)24-17-19-7-1-4-10-22(19)35-24/h1,4-7,10-17,21,27,35H,2-3,8-9H2,(H,34,38). The molecule has 0 bridgehead atoms. The molecule has 39 heavy (non-hydrogen) atoms. The number of aliphatic imine (C=N–C) groups is 1. The largest absolute Gasteiger partial charge is 0.416 e. The fourth-order valence-electron chi connectivity index (χ4n) is 5.40. The summed E-state index contributed by atoms with van der Waals surface area (Å²) in [6, 6.07) is 19.5. The van der Waals surface area contributed by atoms with Crippen molar-refractivity contribution in [3.63, 3.8) is 0 Å². The minimum absolute atomic E-state index is 0.0337. The maximum atomic E-state index is 14.2. The number of H-pyrrole nitrogens is 1. The minimum atomic E-state index is -4.50. The number of anilines is 1. The highest BCUT2D eigenvalue weighted by atomic mass is 19.4. The Balaban J connectivity index is 1.48. The number of hydrogen-bond donors (Lipinski definition) is 2. The molecule has 0 spiro atoms. The number of amides is 2. The first-order chi connectivity index (χ1) is 18.8. The van der Waals surface area contributed by atoms with Crippen LogP contribution in [0.4, 0.5) is 24.5 Å². The molecular weight excluding hydrogens is 505 g/mol. The van der Waals surface area contributed by atoms with Crippen molar-refractivity contribution in [2.45, 2.75) is 43.9 Å². The number of carbonyl (C=O) groups excluding carboxylic acids is 2. The monoisotopic (exact) mass is 530 g/mol. The van der Waals surface area contributed by atoms with Gasteiger partial charge in [0.1, 0.15) is 5.69 Å². The second kappa shape index (κ2) is 9.72. The number of carbonyl (C=O) groups is 2. The molecular formula is C30H25F3N4O2. The minimum Gasteiger partial charge on any atom is -0.351 e. The van der Waals surface area contributed by atoms with Crippen LogP contribution >= 0.6 is 0 Å². The molecule has 6 nitrogen and oxygen atoms in total. The van der Waals surface area contributed by atoms with Crippen LogP contribution in [0.15, 0.2) is 83.9 Å². The van der Waals surface area contributed by atoms with E-state index >= 15 is 0 Å². The van der Waals surface area contributed by atoms with Crippen LogP contribution in [0.5, 0.6) is 0 Å². The fourth-order valence-corrected chi connectivity index (χ4v) is 5.40. The molecule has 1 aromatic heterocycles. The summed E-state index contributed by atoms with van der Waals surface area (Å²) in [7, 11) is 0. The molecule has 3 aromatic carbocycles. The summed E-state index contributed by atoms with van der Waals surface area (Å²) in [5, 5.41) is 3.92. The lowest BCUT2D eigenvalue weighted by Crippen LogP contribution is -2.57. The number of aromatic amines is 1. The maximum absolute atomic E-state index is 14.2. The van der Waals surface area contributed by atoms with Gasteiger partial charge in [0.25, 0.3) is 5.91 Å². The molecule has 2 aliphatic rings. The van der Waals surface area contributed by atoms with Gasteiger partial charge in [-0.2, -0.15) is 13.2 Å². The molecule has 2 amide bonds. The summed E-state index contributed by atoms with van der Waals surface area (Å²) >= 11 is 0. The number of hydrogen-bond acceptors (Lipinski definition) is 3. The van der Waals surface area contributed by atoms with E-state index in [-0.39, 0.29) is 11.8 Å². The van der Waals surface area contributed by atoms with E-state index in [0.29, 0.717) is 22.6 Å². The highest BCUT2D eigenvalue weighted by molar-refractivity contribution is 6.27. The van der Waals surface area contributed by atoms with Gasteiger partial charge < -0.3 is 10.3 Å². The lowest BCUT2D eigenvalue weighted by molar-refractivity contribution is -0.137. The Morgan fingerprint density at radius 2 is 1.62 bits per heavy atom. The van der Waals surface area contributed by atoms with Crippen molar-refractivity contribution in [1.82, 2.24) is 10.3 Å². The van der Waals surface area contributed by atoms with Crippen molar-refractivity contribution in [2.75, 3.05) is 4.90 Å². The van der Waals surface area contributed by atoms with Crippen LogP contribution in [0.2, 0.25) is 0 Å². The van der Waals surface area contributed by atoms with Gasteiger partial charge in [-0.1, -0.05) is 55.3 Å². The van der Waals surface area contributed by atoms with Crippen LogP contribution in [0.25, 0.3) is 10.9 Å². The number of nitrogens with zero attached hydrogens (tertiary/aromatic N) is 2. The number of halogens is 3. The van der Waals surface area contributed by atoms with Gasteiger partial charge in [-0.3, -0.25) is 14.5 Å². The Labute approximate surface area is 222 Å². The Morgan fingerprint density at radius 3 is 2.33 bits per heavy atom. The summed E-state index contributed by atoms with van der Waals surface area (Å²) in [6.45, 7) is 0. The molecule has 1 aliphatic heterocycles. The average Bonchev–Trinajstić information content (AvgIpc) is 3.61. The SMILES string of the molecule is O=C(NC1CCCC1)C1C(c2ccc(C(F)(F)F)cc2)=Nc2ccccc2N1C(=O)c1cc2ccccc2[nH]1. The van der Waals surface area contributed by atoms with E-state index in [2.05, 4.69) is 10.3 Å². The van der Waals surface area contributed by atoms with Gasteiger partial charge in [-0.25, -0.2) is 4.99 Å². The predicted molar refractivity (Wildman–Crippen MR) is 143 cm³/mol. The molecule has 1 unspecified atom stereocenters. The number of rotatable bonds is 4. The number of benzene rings is 3. The average molecular weight is 531 g/mol. The second-order valence-electron chi connectivity index (χ2n) is 9.90. The van der Waals surface area contributed by atoms with E-state index in [9.17, 15) is 22.8 Å². The van der Waals surface area contributed by atoms with Gasteiger partial charge in [0.05, 0.1) is 22.6 Å². The second-order valence-corrected chi connectivity index (χ2v) is 9.90. The summed E-state index contributed by atoms with van der Waals surface area (Å²) in [5.74, 6) is -0.857. The first-order valence-electron chi connectivity index (χ1n) is 12.9. The van der Waals surface area contributed by atoms with Gasteiger partial charge in [0.15, 0.2) is 6.04 Å². The van der Waals surface area contributed by atoms with Crippen LogP contribution in [-0.4, -0.2) is 34.6 Å². The van der Waals surface area contributed by atoms with Gasteiger partial charge in [0, 0.05) is 16.9 Å². The summed E-state index contributed by atoms with van der Waals surface area (Å²) in [4.78, 5) is 37.4. The van der Waals surface area contributed by atoms with Gasteiger partial charge in [0.2, 0.25) is 5.91 Å². The topological polar surface area (TPSA) is 77.6 Å². The maximum Gasteiger partial charge on any atom is 0.416 e. The van der Waals surface area contributed by atoms with Crippen molar-refractivity contribution in [1.29, 1.82) is 0 Å². The zero-order valence-corrected chi connectivity index (χ0v) is 20.8. The first-order valence-corrected chi connectivity index (χ1v) is 12.9. The Morgan fingerprint density at radius 1 is 0.923 bits per heavy atom. The Kier molecular flexibility index (Phi) is 6.21. The lowest BCUT2D eigenvalue weighted by Gasteiger charge is -2.36. The number of aromatic nitrogens is 1. The molecule has 6 rings (SSSR count). The number of alkyl halides is 3. The van der Waals surface area contributed by atoms with E-state index in [1.807, 2.05) is 24.3 Å². The van der Waals surface area contributed by atoms with Crippen LogP contribution in [0.1, 0.15) is 47.3 Å². The molecule has 0 radical (unpaired) electrons. The highest BCUT2D eigenvalue weighted by Crippen LogP contribution is 2.38. The molecule has 1 atom stereocenters. The third kappa shape index (κ3) is 4.69. The van der Waals surface area contributed by atoms with Crippen LogP contribution in [-0.2, 0) is 11.0 Å². The molecule has 4 aromatic rings. The first kappa shape index (κ1) is 24.9. The van der Waals surface area contributed by atoms with Crippen LogP contribution in [0, 0.1) is 0 Å². The van der Waals surface area contributed by atoms with Crippen LogP contribution in [0.3, 0.4) is 0 Å². The molecule has 9 heteroatoms.